The number of hydrogen-bond acceptors (Lipinski definition) is 4. The molecule has 6 heteroatoms. The summed E-state index contributed by atoms with van der Waals surface area (Å²) >= 11 is 0. The van der Waals surface area contributed by atoms with Crippen LogP contribution in [0.2, 0.25) is 0 Å². The van der Waals surface area contributed by atoms with Gasteiger partial charge in [0.1, 0.15) is 0 Å². The fraction of sp³-hybridized carbons (Fsp3) is 0.900. The molecule has 4 aliphatic rings. The molecular weight excluding hydrogens is 328 g/mol. The van der Waals surface area contributed by atoms with E-state index >= 15 is 0 Å². The third-order valence-electron chi connectivity index (χ3n) is 6.97. The summed E-state index contributed by atoms with van der Waals surface area (Å²) in [6.45, 7) is 10.7. The Morgan fingerprint density at radius 1 is 1.04 bits per heavy atom. The molecule has 4 fully saturated rings. The number of carbonyl (C=O) groups excluding carboxylic acids is 2. The SMILES string of the molecule is CCN1CCN(CC(=O)N2CCC[C@]3(CCC(=O)N(C4CC4)C3)C2)CC1. The lowest BCUT2D eigenvalue weighted by Gasteiger charge is -2.48. The van der Waals surface area contributed by atoms with Crippen molar-refractivity contribution >= 4 is 11.8 Å². The topological polar surface area (TPSA) is 47.1 Å². The Morgan fingerprint density at radius 3 is 2.46 bits per heavy atom. The molecule has 3 saturated heterocycles. The van der Waals surface area contributed by atoms with Crippen molar-refractivity contribution in [3.05, 3.63) is 0 Å². The van der Waals surface area contributed by atoms with Gasteiger partial charge < -0.3 is 14.7 Å². The van der Waals surface area contributed by atoms with Crippen LogP contribution in [0.5, 0.6) is 0 Å². The molecular formula is C20H34N4O2. The highest BCUT2D eigenvalue weighted by Crippen LogP contribution is 2.42. The van der Waals surface area contributed by atoms with Crippen LogP contribution in [0, 0.1) is 5.41 Å². The van der Waals surface area contributed by atoms with Gasteiger partial charge in [0.25, 0.3) is 0 Å². The van der Waals surface area contributed by atoms with E-state index in [9.17, 15) is 9.59 Å². The van der Waals surface area contributed by atoms with E-state index < -0.39 is 0 Å². The molecule has 3 aliphatic heterocycles. The molecule has 0 unspecified atom stereocenters. The molecule has 0 aromatic rings. The van der Waals surface area contributed by atoms with Crippen LogP contribution in [0.15, 0.2) is 0 Å². The Morgan fingerprint density at radius 2 is 1.77 bits per heavy atom. The summed E-state index contributed by atoms with van der Waals surface area (Å²) in [4.78, 5) is 34.2. The van der Waals surface area contributed by atoms with E-state index in [4.69, 9.17) is 0 Å². The zero-order valence-electron chi connectivity index (χ0n) is 16.3. The van der Waals surface area contributed by atoms with Gasteiger partial charge in [0.15, 0.2) is 0 Å². The van der Waals surface area contributed by atoms with Gasteiger partial charge in [-0.1, -0.05) is 6.92 Å². The van der Waals surface area contributed by atoms with Crippen LogP contribution >= 0.6 is 0 Å². The summed E-state index contributed by atoms with van der Waals surface area (Å²) in [5.41, 5.74) is 0.158. The van der Waals surface area contributed by atoms with Gasteiger partial charge in [-0.15, -0.1) is 0 Å². The maximum Gasteiger partial charge on any atom is 0.236 e. The summed E-state index contributed by atoms with van der Waals surface area (Å²) in [6, 6.07) is 0.501. The van der Waals surface area contributed by atoms with Gasteiger partial charge in [-0.2, -0.15) is 0 Å². The van der Waals surface area contributed by atoms with Crippen LogP contribution in [0.4, 0.5) is 0 Å². The Bertz CT molecular complexity index is 542. The van der Waals surface area contributed by atoms with E-state index in [1.54, 1.807) is 0 Å². The fourth-order valence-electron chi connectivity index (χ4n) is 5.07. The maximum atomic E-state index is 12.9. The second-order valence-corrected chi connectivity index (χ2v) is 8.88. The maximum absolute atomic E-state index is 12.9. The average molecular weight is 363 g/mol. The number of nitrogens with zero attached hydrogens (tertiary/aromatic N) is 4. The van der Waals surface area contributed by atoms with E-state index in [0.29, 0.717) is 30.8 Å². The number of carbonyl (C=O) groups is 2. The molecule has 6 nitrogen and oxygen atoms in total. The summed E-state index contributed by atoms with van der Waals surface area (Å²) in [5, 5.41) is 0. The van der Waals surface area contributed by atoms with Gasteiger partial charge in [-0.05, 0) is 38.6 Å². The first-order valence-corrected chi connectivity index (χ1v) is 10.6. The first kappa shape index (κ1) is 18.2. The van der Waals surface area contributed by atoms with Gasteiger partial charge in [0, 0.05) is 63.7 Å². The van der Waals surface area contributed by atoms with Crippen molar-refractivity contribution in [3.8, 4) is 0 Å². The zero-order chi connectivity index (χ0) is 18.1. The highest BCUT2D eigenvalue weighted by molar-refractivity contribution is 5.79. The molecule has 1 spiro atoms. The summed E-state index contributed by atoms with van der Waals surface area (Å²) in [6.07, 6.45) is 6.25. The van der Waals surface area contributed by atoms with Crippen molar-refractivity contribution in [2.24, 2.45) is 5.41 Å². The van der Waals surface area contributed by atoms with Gasteiger partial charge in [0.2, 0.25) is 11.8 Å². The van der Waals surface area contributed by atoms with E-state index in [0.717, 1.165) is 65.2 Å². The van der Waals surface area contributed by atoms with E-state index in [-0.39, 0.29) is 5.41 Å². The highest BCUT2D eigenvalue weighted by Gasteiger charge is 2.46. The summed E-state index contributed by atoms with van der Waals surface area (Å²) in [5.74, 6) is 0.638. The first-order valence-electron chi connectivity index (χ1n) is 10.6. The molecule has 0 aromatic heterocycles. The van der Waals surface area contributed by atoms with Gasteiger partial charge >= 0.3 is 0 Å². The molecule has 0 bridgehead atoms. The van der Waals surface area contributed by atoms with Crippen LogP contribution in [0.25, 0.3) is 0 Å². The van der Waals surface area contributed by atoms with E-state index in [2.05, 4.69) is 26.5 Å². The number of hydrogen-bond donors (Lipinski definition) is 0. The highest BCUT2D eigenvalue weighted by atomic mass is 16.2. The lowest BCUT2D eigenvalue weighted by molar-refractivity contribution is -0.144. The largest absolute Gasteiger partial charge is 0.341 e. The van der Waals surface area contributed by atoms with Crippen LogP contribution in [-0.2, 0) is 9.59 Å². The van der Waals surface area contributed by atoms with E-state index in [1.165, 1.54) is 19.3 Å². The molecule has 0 aromatic carbocycles. The minimum Gasteiger partial charge on any atom is -0.341 e. The Labute approximate surface area is 157 Å². The van der Waals surface area contributed by atoms with Crippen molar-refractivity contribution in [2.45, 2.75) is 51.5 Å². The summed E-state index contributed by atoms with van der Waals surface area (Å²) in [7, 11) is 0. The predicted octanol–water partition coefficient (Wildman–Crippen LogP) is 1.02. The monoisotopic (exact) mass is 362 g/mol. The minimum absolute atomic E-state index is 0.158. The fourth-order valence-corrected chi connectivity index (χ4v) is 5.07. The first-order chi connectivity index (χ1) is 12.6. The zero-order valence-corrected chi connectivity index (χ0v) is 16.3. The summed E-state index contributed by atoms with van der Waals surface area (Å²) < 4.78 is 0. The number of amides is 2. The second kappa shape index (κ2) is 7.47. The number of piperidine rings is 2. The van der Waals surface area contributed by atoms with Crippen molar-refractivity contribution < 1.29 is 9.59 Å². The predicted molar refractivity (Wildman–Crippen MR) is 101 cm³/mol. The lowest BCUT2D eigenvalue weighted by atomic mass is 9.73. The smallest absolute Gasteiger partial charge is 0.236 e. The molecule has 4 rings (SSSR count). The van der Waals surface area contributed by atoms with Crippen LogP contribution < -0.4 is 0 Å². The van der Waals surface area contributed by atoms with Gasteiger partial charge in [0.05, 0.1) is 6.54 Å². The van der Waals surface area contributed by atoms with Crippen molar-refractivity contribution in [1.82, 2.24) is 19.6 Å². The molecule has 1 aliphatic carbocycles. The standard InChI is InChI=1S/C20H34N4O2/c1-2-21-10-12-22(13-11-21)14-19(26)23-9-3-7-20(15-23)8-6-18(25)24(16-20)17-4-5-17/h17H,2-16H2,1H3/t20-/m0/s1. The number of rotatable bonds is 4. The third kappa shape index (κ3) is 3.91. The van der Waals surface area contributed by atoms with Crippen molar-refractivity contribution in [2.75, 3.05) is 58.9 Å². The Hall–Kier alpha value is -1.14. The van der Waals surface area contributed by atoms with Crippen LogP contribution in [0.3, 0.4) is 0 Å². The molecule has 1 atom stereocenters. The number of piperazine rings is 1. The van der Waals surface area contributed by atoms with Gasteiger partial charge in [-0.3, -0.25) is 14.5 Å². The Kier molecular flexibility index (Phi) is 5.24. The molecule has 0 N–H and O–H groups in total. The number of likely N-dealkylation sites (N-methyl/N-ethyl adjacent to an activating group) is 1. The normalized spacial score (nSPS) is 31.7. The molecule has 0 radical (unpaired) electrons. The Balaban J connectivity index is 1.33. The molecule has 2 amide bonds. The lowest BCUT2D eigenvalue weighted by Crippen LogP contribution is -2.57. The van der Waals surface area contributed by atoms with Crippen LogP contribution in [-0.4, -0.2) is 96.4 Å². The van der Waals surface area contributed by atoms with Crippen molar-refractivity contribution in [3.63, 3.8) is 0 Å². The number of likely N-dealkylation sites (tertiary alicyclic amines) is 2. The molecule has 3 heterocycles. The minimum atomic E-state index is 0.158. The second-order valence-electron chi connectivity index (χ2n) is 8.88. The molecule has 146 valence electrons. The van der Waals surface area contributed by atoms with Crippen molar-refractivity contribution in [1.29, 1.82) is 0 Å². The molecule has 26 heavy (non-hydrogen) atoms. The average Bonchev–Trinajstić information content (AvgIpc) is 3.50. The quantitative estimate of drug-likeness (QED) is 0.749. The third-order valence-corrected chi connectivity index (χ3v) is 6.97. The van der Waals surface area contributed by atoms with E-state index in [1.807, 2.05) is 0 Å². The molecule has 1 saturated carbocycles. The van der Waals surface area contributed by atoms with Crippen LogP contribution in [0.1, 0.15) is 45.4 Å². The van der Waals surface area contributed by atoms with Gasteiger partial charge in [-0.25, -0.2) is 0 Å².